The van der Waals surface area contributed by atoms with Crippen LogP contribution in [0.5, 0.6) is 0 Å². The van der Waals surface area contributed by atoms with E-state index >= 15 is 0 Å². The van der Waals surface area contributed by atoms with Gasteiger partial charge in [0.05, 0.1) is 24.9 Å². The second-order valence-electron chi connectivity index (χ2n) is 7.09. The van der Waals surface area contributed by atoms with Crippen LogP contribution in [0.2, 0.25) is 0 Å². The largest absolute Gasteiger partial charge is 0.361 e. The summed E-state index contributed by atoms with van der Waals surface area (Å²) in [4.78, 5) is 16.9. The van der Waals surface area contributed by atoms with Gasteiger partial charge in [0.15, 0.2) is 0 Å². The summed E-state index contributed by atoms with van der Waals surface area (Å²) in [7, 11) is -3.15. The van der Waals surface area contributed by atoms with Crippen molar-refractivity contribution >= 4 is 41.9 Å². The van der Waals surface area contributed by atoms with Gasteiger partial charge in [-0.3, -0.25) is 9.36 Å². The van der Waals surface area contributed by atoms with Crippen LogP contribution in [0.15, 0.2) is 59.6 Å². The van der Waals surface area contributed by atoms with Gasteiger partial charge in [-0.25, -0.2) is 4.98 Å². The van der Waals surface area contributed by atoms with Crippen LogP contribution in [0.4, 0.5) is 11.5 Å². The number of pyridine rings is 1. The number of carbonyl (C=O) groups is 1. The van der Waals surface area contributed by atoms with E-state index in [1.807, 2.05) is 47.2 Å². The van der Waals surface area contributed by atoms with Gasteiger partial charge < -0.3 is 19.7 Å². The zero-order valence-corrected chi connectivity index (χ0v) is 19.5. The standard InChI is InChI=1S/C23H24N3O4PS/c1-3-29-31(28,30-4-2)14-16-5-7-19(8-6-16)24-13-21-20-11-18(17-9-10-32-15-17)12-25-22(20)26-23(21)27/h5-13,15,24H,3-4,14H2,1-2H3,(H,25,26,27). The van der Waals surface area contributed by atoms with Crippen LogP contribution in [0.25, 0.3) is 16.7 Å². The highest BCUT2D eigenvalue weighted by Gasteiger charge is 2.26. The maximum Gasteiger partial charge on any atom is 0.335 e. The summed E-state index contributed by atoms with van der Waals surface area (Å²) in [6.07, 6.45) is 3.66. The highest BCUT2D eigenvalue weighted by molar-refractivity contribution is 7.53. The molecule has 0 unspecified atom stereocenters. The van der Waals surface area contributed by atoms with Gasteiger partial charge >= 0.3 is 7.60 Å². The third-order valence-electron chi connectivity index (χ3n) is 4.87. The molecule has 1 aromatic carbocycles. The molecule has 4 rings (SSSR count). The third-order valence-corrected chi connectivity index (χ3v) is 7.61. The van der Waals surface area contributed by atoms with Gasteiger partial charge in [-0.2, -0.15) is 11.3 Å². The number of aromatic nitrogens is 1. The molecule has 0 radical (unpaired) electrons. The summed E-state index contributed by atoms with van der Waals surface area (Å²) in [5.41, 5.74) is 4.96. The highest BCUT2D eigenvalue weighted by atomic mass is 32.1. The van der Waals surface area contributed by atoms with E-state index in [0.717, 1.165) is 27.9 Å². The first-order chi connectivity index (χ1) is 15.5. The van der Waals surface area contributed by atoms with Gasteiger partial charge in [0, 0.05) is 29.2 Å². The first kappa shape index (κ1) is 22.4. The molecule has 2 aromatic heterocycles. The molecule has 0 saturated carbocycles. The fourth-order valence-corrected chi connectivity index (χ4v) is 5.77. The molecule has 0 atom stereocenters. The van der Waals surface area contributed by atoms with Crippen LogP contribution < -0.4 is 10.6 Å². The minimum absolute atomic E-state index is 0.201. The lowest BCUT2D eigenvalue weighted by Crippen LogP contribution is -2.05. The van der Waals surface area contributed by atoms with Crippen LogP contribution in [0.1, 0.15) is 25.0 Å². The lowest BCUT2D eigenvalue weighted by molar-refractivity contribution is -0.110. The van der Waals surface area contributed by atoms with E-state index < -0.39 is 7.60 Å². The van der Waals surface area contributed by atoms with Crippen LogP contribution in [0.3, 0.4) is 0 Å². The summed E-state index contributed by atoms with van der Waals surface area (Å²) in [6, 6.07) is 11.5. The number of nitrogens with zero attached hydrogens (tertiary/aromatic N) is 1. The fourth-order valence-electron chi connectivity index (χ4n) is 3.40. The van der Waals surface area contributed by atoms with Crippen LogP contribution >= 0.6 is 18.9 Å². The number of carbonyl (C=O) groups excluding carboxylic acids is 1. The zero-order valence-electron chi connectivity index (χ0n) is 17.8. The van der Waals surface area contributed by atoms with Gasteiger partial charge in [0.2, 0.25) is 0 Å². The number of amides is 1. The Hall–Kier alpha value is -2.77. The monoisotopic (exact) mass is 469 g/mol. The van der Waals surface area contributed by atoms with Crippen molar-refractivity contribution in [3.05, 3.63) is 70.7 Å². The lowest BCUT2D eigenvalue weighted by atomic mass is 10.1. The van der Waals surface area contributed by atoms with Crippen molar-refractivity contribution < 1.29 is 18.4 Å². The van der Waals surface area contributed by atoms with E-state index in [9.17, 15) is 9.36 Å². The topological polar surface area (TPSA) is 89.5 Å². The number of hydrogen-bond donors (Lipinski definition) is 2. The molecule has 0 fully saturated rings. The van der Waals surface area contributed by atoms with Crippen LogP contribution in [-0.2, 0) is 24.6 Å². The van der Waals surface area contributed by atoms with Crippen molar-refractivity contribution in [2.45, 2.75) is 20.0 Å². The van der Waals surface area contributed by atoms with Crippen molar-refractivity contribution in [1.82, 2.24) is 4.98 Å². The van der Waals surface area contributed by atoms with E-state index in [0.29, 0.717) is 24.6 Å². The average Bonchev–Trinajstić information content (AvgIpc) is 3.41. The molecule has 0 saturated heterocycles. The van der Waals surface area contributed by atoms with Gasteiger partial charge in [-0.05, 0) is 60.0 Å². The number of hydrogen-bond acceptors (Lipinski definition) is 7. The molecule has 1 aliphatic rings. The Kier molecular flexibility index (Phi) is 6.86. The SMILES string of the molecule is CCOP(=O)(Cc1ccc(NC=C2C(=O)Nc3ncc(-c4ccsc4)cc32)cc1)OCC. The first-order valence-electron chi connectivity index (χ1n) is 10.3. The molecule has 1 amide bonds. The van der Waals surface area contributed by atoms with E-state index in [-0.39, 0.29) is 12.1 Å². The van der Waals surface area contributed by atoms with E-state index in [1.165, 1.54) is 0 Å². The predicted molar refractivity (Wildman–Crippen MR) is 129 cm³/mol. The normalized spacial score (nSPS) is 14.4. The van der Waals surface area contributed by atoms with Gasteiger partial charge in [0.25, 0.3) is 5.91 Å². The van der Waals surface area contributed by atoms with E-state index in [2.05, 4.69) is 15.6 Å². The Morgan fingerprint density at radius 3 is 2.53 bits per heavy atom. The molecule has 0 spiro atoms. The average molecular weight is 470 g/mol. The second-order valence-corrected chi connectivity index (χ2v) is 9.92. The third kappa shape index (κ3) is 5.00. The van der Waals surface area contributed by atoms with Crippen molar-refractivity contribution in [3.8, 4) is 11.1 Å². The van der Waals surface area contributed by atoms with E-state index in [1.54, 1.807) is 37.6 Å². The summed E-state index contributed by atoms with van der Waals surface area (Å²) >= 11 is 1.62. The van der Waals surface area contributed by atoms with Crippen molar-refractivity contribution in [2.24, 2.45) is 0 Å². The van der Waals surface area contributed by atoms with Crippen molar-refractivity contribution in [1.29, 1.82) is 0 Å². The molecule has 3 aromatic rings. The minimum Gasteiger partial charge on any atom is -0.361 e. The number of nitrogens with one attached hydrogen (secondary N) is 2. The van der Waals surface area contributed by atoms with Crippen molar-refractivity contribution in [2.75, 3.05) is 23.8 Å². The Morgan fingerprint density at radius 2 is 1.88 bits per heavy atom. The molecule has 2 N–H and O–H groups in total. The molecular formula is C23H24N3O4PS. The first-order valence-corrected chi connectivity index (χ1v) is 13.0. The molecular weight excluding hydrogens is 445 g/mol. The molecule has 166 valence electrons. The molecule has 9 heteroatoms. The number of rotatable bonds is 9. The Morgan fingerprint density at radius 1 is 1.12 bits per heavy atom. The quantitative estimate of drug-likeness (QED) is 0.296. The zero-order chi connectivity index (χ0) is 22.6. The smallest absolute Gasteiger partial charge is 0.335 e. The van der Waals surface area contributed by atoms with E-state index in [4.69, 9.17) is 9.05 Å². The Bertz CT molecular complexity index is 1170. The number of anilines is 2. The van der Waals surface area contributed by atoms with Gasteiger partial charge in [0.1, 0.15) is 5.82 Å². The van der Waals surface area contributed by atoms with Crippen LogP contribution in [0, 0.1) is 0 Å². The second kappa shape index (κ2) is 9.79. The fraction of sp³-hybridized carbons (Fsp3) is 0.217. The maximum atomic E-state index is 12.7. The van der Waals surface area contributed by atoms with Crippen molar-refractivity contribution in [3.63, 3.8) is 0 Å². The number of fused-ring (bicyclic) bond motifs is 1. The molecule has 7 nitrogen and oxygen atoms in total. The predicted octanol–water partition coefficient (Wildman–Crippen LogP) is 5.98. The van der Waals surface area contributed by atoms with Gasteiger partial charge in [-0.1, -0.05) is 12.1 Å². The molecule has 0 bridgehead atoms. The lowest BCUT2D eigenvalue weighted by Gasteiger charge is -2.17. The highest BCUT2D eigenvalue weighted by Crippen LogP contribution is 2.51. The molecule has 32 heavy (non-hydrogen) atoms. The Balaban J connectivity index is 1.50. The maximum absolute atomic E-state index is 12.7. The number of thiophene rings is 1. The summed E-state index contributed by atoms with van der Waals surface area (Å²) in [5, 5.41) is 10.0. The molecule has 1 aliphatic heterocycles. The summed E-state index contributed by atoms with van der Waals surface area (Å²) in [5.74, 6) is 0.355. The summed E-state index contributed by atoms with van der Waals surface area (Å²) < 4.78 is 23.4. The van der Waals surface area contributed by atoms with Crippen LogP contribution in [-0.4, -0.2) is 24.1 Å². The molecule has 3 heterocycles. The Labute approximate surface area is 191 Å². The van der Waals surface area contributed by atoms with Gasteiger partial charge in [-0.15, -0.1) is 0 Å². The minimum atomic E-state index is -3.15. The molecule has 0 aliphatic carbocycles. The summed E-state index contributed by atoms with van der Waals surface area (Å²) in [6.45, 7) is 4.25. The number of benzene rings is 1.